The topological polar surface area (TPSA) is 0 Å². The van der Waals surface area contributed by atoms with Crippen molar-refractivity contribution in [3.8, 4) is 0 Å². The maximum absolute atomic E-state index is 2.50. The van der Waals surface area contributed by atoms with Crippen LogP contribution >= 0.6 is 11.8 Å². The molecule has 1 fully saturated rings. The van der Waals surface area contributed by atoms with Gasteiger partial charge < -0.3 is 0 Å². The van der Waals surface area contributed by atoms with E-state index in [1.54, 1.807) is 0 Å². The zero-order valence-electron chi connectivity index (χ0n) is 11.3. The van der Waals surface area contributed by atoms with Gasteiger partial charge in [-0.1, -0.05) is 41.0 Å². The molecule has 0 aliphatic heterocycles. The summed E-state index contributed by atoms with van der Waals surface area (Å²) in [6, 6.07) is 0. The molecule has 1 heteroatoms. The number of thioether (sulfide) groups is 1. The van der Waals surface area contributed by atoms with Crippen LogP contribution in [0.5, 0.6) is 0 Å². The molecule has 0 saturated heterocycles. The molecular formula is C14H28S. The standard InChI is InChI=1S/C14H28S/c1-7-14(8-10(2)3)9-11(4)13(15-6)12(14)5/h10-13H,7-9H2,1-6H3. The molecule has 0 aromatic heterocycles. The van der Waals surface area contributed by atoms with E-state index in [1.807, 2.05) is 0 Å². The zero-order chi connectivity index (χ0) is 11.6. The average Bonchev–Trinajstić information content (AvgIpc) is 2.38. The van der Waals surface area contributed by atoms with Gasteiger partial charge in [-0.2, -0.15) is 11.8 Å². The van der Waals surface area contributed by atoms with Crippen molar-refractivity contribution in [2.24, 2.45) is 23.2 Å². The smallest absolute Gasteiger partial charge is 0.0101 e. The van der Waals surface area contributed by atoms with Crippen LogP contribution in [0.4, 0.5) is 0 Å². The Labute approximate surface area is 101 Å². The van der Waals surface area contributed by atoms with E-state index in [9.17, 15) is 0 Å². The quantitative estimate of drug-likeness (QED) is 0.663. The highest BCUT2D eigenvalue weighted by atomic mass is 32.2. The van der Waals surface area contributed by atoms with Gasteiger partial charge in [0, 0.05) is 5.25 Å². The van der Waals surface area contributed by atoms with Gasteiger partial charge in [0.15, 0.2) is 0 Å². The Kier molecular flexibility index (Phi) is 4.58. The van der Waals surface area contributed by atoms with Crippen LogP contribution in [-0.2, 0) is 0 Å². The molecule has 0 aromatic rings. The average molecular weight is 228 g/mol. The third kappa shape index (κ3) is 2.54. The molecule has 0 spiro atoms. The van der Waals surface area contributed by atoms with Crippen LogP contribution < -0.4 is 0 Å². The highest BCUT2D eigenvalue weighted by Crippen LogP contribution is 2.55. The number of hydrogen-bond acceptors (Lipinski definition) is 1. The Balaban J connectivity index is 2.82. The summed E-state index contributed by atoms with van der Waals surface area (Å²) in [6.07, 6.45) is 6.53. The van der Waals surface area contributed by atoms with Crippen LogP contribution in [0.25, 0.3) is 0 Å². The van der Waals surface area contributed by atoms with Crippen LogP contribution in [0.3, 0.4) is 0 Å². The molecule has 4 unspecified atom stereocenters. The highest BCUT2D eigenvalue weighted by molar-refractivity contribution is 7.99. The second-order valence-corrected chi connectivity index (χ2v) is 7.00. The molecular weight excluding hydrogens is 200 g/mol. The molecule has 0 heterocycles. The van der Waals surface area contributed by atoms with Gasteiger partial charge in [0.1, 0.15) is 0 Å². The van der Waals surface area contributed by atoms with E-state index < -0.39 is 0 Å². The van der Waals surface area contributed by atoms with Crippen molar-refractivity contribution < 1.29 is 0 Å². The SMILES string of the molecule is CCC1(CC(C)C)CC(C)C(SC)C1C. The van der Waals surface area contributed by atoms with E-state index in [4.69, 9.17) is 0 Å². The first-order valence-corrected chi connectivity index (χ1v) is 7.78. The van der Waals surface area contributed by atoms with Gasteiger partial charge >= 0.3 is 0 Å². The summed E-state index contributed by atoms with van der Waals surface area (Å²) in [5.41, 5.74) is 0.640. The van der Waals surface area contributed by atoms with Crippen LogP contribution in [0.2, 0.25) is 0 Å². The molecule has 1 saturated carbocycles. The zero-order valence-corrected chi connectivity index (χ0v) is 12.2. The van der Waals surface area contributed by atoms with Crippen molar-refractivity contribution in [3.05, 3.63) is 0 Å². The molecule has 0 N–H and O–H groups in total. The lowest BCUT2D eigenvalue weighted by molar-refractivity contribution is 0.160. The first kappa shape index (κ1) is 13.4. The maximum atomic E-state index is 2.50. The summed E-state index contributed by atoms with van der Waals surface area (Å²) in [5, 5.41) is 0.892. The first-order chi connectivity index (χ1) is 6.96. The molecule has 90 valence electrons. The van der Waals surface area contributed by atoms with Crippen molar-refractivity contribution >= 4 is 11.8 Å². The largest absolute Gasteiger partial charge is 0.161 e. The molecule has 0 bridgehead atoms. The normalized spacial score (nSPS) is 41.4. The minimum absolute atomic E-state index is 0.640. The van der Waals surface area contributed by atoms with E-state index >= 15 is 0 Å². The molecule has 0 aromatic carbocycles. The summed E-state index contributed by atoms with van der Waals surface area (Å²) >= 11 is 2.09. The molecule has 1 rings (SSSR count). The van der Waals surface area contributed by atoms with Gasteiger partial charge in [0.25, 0.3) is 0 Å². The summed E-state index contributed by atoms with van der Waals surface area (Å²) in [6.45, 7) is 12.1. The lowest BCUT2D eigenvalue weighted by Gasteiger charge is -2.36. The molecule has 4 atom stereocenters. The first-order valence-electron chi connectivity index (χ1n) is 6.49. The van der Waals surface area contributed by atoms with Gasteiger partial charge in [0.2, 0.25) is 0 Å². The fraction of sp³-hybridized carbons (Fsp3) is 1.00. The summed E-state index contributed by atoms with van der Waals surface area (Å²) in [7, 11) is 0. The van der Waals surface area contributed by atoms with Crippen LogP contribution in [0.1, 0.15) is 53.9 Å². The van der Waals surface area contributed by atoms with Crippen molar-refractivity contribution in [1.29, 1.82) is 0 Å². The Bertz CT molecular complexity index is 200. The second kappa shape index (κ2) is 5.12. The van der Waals surface area contributed by atoms with E-state index in [1.165, 1.54) is 19.3 Å². The second-order valence-electron chi connectivity index (χ2n) is 5.98. The Morgan fingerprint density at radius 1 is 1.33 bits per heavy atom. The van der Waals surface area contributed by atoms with Crippen molar-refractivity contribution in [2.75, 3.05) is 6.26 Å². The molecule has 0 radical (unpaired) electrons. The van der Waals surface area contributed by atoms with E-state index in [2.05, 4.69) is 52.6 Å². The van der Waals surface area contributed by atoms with E-state index in [0.29, 0.717) is 5.41 Å². The van der Waals surface area contributed by atoms with E-state index in [-0.39, 0.29) is 0 Å². The fourth-order valence-electron chi connectivity index (χ4n) is 3.91. The van der Waals surface area contributed by atoms with Gasteiger partial charge in [-0.3, -0.25) is 0 Å². The molecule has 0 nitrogen and oxygen atoms in total. The maximum Gasteiger partial charge on any atom is 0.0101 e. The predicted molar refractivity (Wildman–Crippen MR) is 72.4 cm³/mol. The van der Waals surface area contributed by atoms with Crippen molar-refractivity contribution in [1.82, 2.24) is 0 Å². The third-order valence-corrected chi connectivity index (χ3v) is 5.96. The van der Waals surface area contributed by atoms with Gasteiger partial charge in [-0.15, -0.1) is 0 Å². The Morgan fingerprint density at radius 2 is 1.93 bits per heavy atom. The third-order valence-electron chi connectivity index (χ3n) is 4.54. The monoisotopic (exact) mass is 228 g/mol. The van der Waals surface area contributed by atoms with Gasteiger partial charge in [-0.05, 0) is 42.3 Å². The highest BCUT2D eigenvalue weighted by Gasteiger charge is 2.47. The van der Waals surface area contributed by atoms with E-state index in [0.717, 1.165) is 23.0 Å². The Hall–Kier alpha value is 0.350. The molecule has 1 aliphatic carbocycles. The summed E-state index contributed by atoms with van der Waals surface area (Å²) in [5.74, 6) is 2.66. The van der Waals surface area contributed by atoms with Crippen LogP contribution in [0.15, 0.2) is 0 Å². The summed E-state index contributed by atoms with van der Waals surface area (Å²) < 4.78 is 0. The molecule has 0 amide bonds. The molecule has 15 heavy (non-hydrogen) atoms. The number of rotatable bonds is 4. The van der Waals surface area contributed by atoms with Crippen molar-refractivity contribution in [2.45, 2.75) is 59.1 Å². The lowest BCUT2D eigenvalue weighted by atomic mass is 9.71. The van der Waals surface area contributed by atoms with Crippen molar-refractivity contribution in [3.63, 3.8) is 0 Å². The Morgan fingerprint density at radius 3 is 2.27 bits per heavy atom. The van der Waals surface area contributed by atoms with Crippen LogP contribution in [-0.4, -0.2) is 11.5 Å². The van der Waals surface area contributed by atoms with Crippen LogP contribution in [0, 0.1) is 23.2 Å². The molecule has 1 aliphatic rings. The minimum Gasteiger partial charge on any atom is -0.161 e. The van der Waals surface area contributed by atoms with Gasteiger partial charge in [-0.25, -0.2) is 0 Å². The fourth-order valence-corrected chi connectivity index (χ4v) is 5.17. The number of hydrogen-bond donors (Lipinski definition) is 0. The van der Waals surface area contributed by atoms with Gasteiger partial charge in [0.05, 0.1) is 0 Å². The lowest BCUT2D eigenvalue weighted by Crippen LogP contribution is -2.28. The summed E-state index contributed by atoms with van der Waals surface area (Å²) in [4.78, 5) is 0. The minimum atomic E-state index is 0.640. The predicted octanol–water partition coefficient (Wildman–Crippen LogP) is 4.84.